The molecular formula is C16H30F3NO. The van der Waals surface area contributed by atoms with E-state index < -0.39 is 12.8 Å². The minimum Gasteiger partial charge on any atom is -0.372 e. The summed E-state index contributed by atoms with van der Waals surface area (Å²) in [5.41, 5.74) is 0. The molecule has 0 aromatic heterocycles. The maximum Gasteiger partial charge on any atom is 0.411 e. The zero-order valence-electron chi connectivity index (χ0n) is 13.3. The van der Waals surface area contributed by atoms with E-state index >= 15 is 0 Å². The Morgan fingerprint density at radius 2 is 1.81 bits per heavy atom. The summed E-state index contributed by atoms with van der Waals surface area (Å²) < 4.78 is 41.0. The normalized spacial score (nSPS) is 25.0. The maximum absolute atomic E-state index is 12.1. The molecule has 0 saturated heterocycles. The first-order valence-electron chi connectivity index (χ1n) is 8.34. The molecule has 0 bridgehead atoms. The van der Waals surface area contributed by atoms with Gasteiger partial charge in [0.25, 0.3) is 0 Å². The Morgan fingerprint density at radius 1 is 1.14 bits per heavy atom. The summed E-state index contributed by atoms with van der Waals surface area (Å²) in [6.45, 7) is 4.34. The third-order valence-electron chi connectivity index (χ3n) is 4.53. The van der Waals surface area contributed by atoms with Crippen molar-refractivity contribution in [2.24, 2.45) is 11.8 Å². The van der Waals surface area contributed by atoms with Crippen LogP contribution in [0.1, 0.15) is 58.8 Å². The lowest BCUT2D eigenvalue weighted by Gasteiger charge is -2.34. The molecule has 1 fully saturated rings. The SMILES string of the molecule is CCCNC(CCOCC(F)(F)F)C1CCC(CC)CC1. The Bertz CT molecular complexity index is 263. The van der Waals surface area contributed by atoms with Crippen LogP contribution < -0.4 is 5.32 Å². The summed E-state index contributed by atoms with van der Waals surface area (Å²) in [6, 6.07) is 0.302. The molecule has 1 N–H and O–H groups in total. The smallest absolute Gasteiger partial charge is 0.372 e. The Labute approximate surface area is 126 Å². The molecule has 1 aliphatic carbocycles. The van der Waals surface area contributed by atoms with E-state index in [0.29, 0.717) is 18.4 Å². The summed E-state index contributed by atoms with van der Waals surface area (Å²) in [6.07, 6.45) is 3.66. The molecule has 1 atom stereocenters. The third-order valence-corrected chi connectivity index (χ3v) is 4.53. The predicted molar refractivity (Wildman–Crippen MR) is 79.3 cm³/mol. The molecule has 2 nitrogen and oxygen atoms in total. The van der Waals surface area contributed by atoms with E-state index in [4.69, 9.17) is 4.74 Å². The lowest BCUT2D eigenvalue weighted by Crippen LogP contribution is -2.39. The number of hydrogen-bond donors (Lipinski definition) is 1. The number of nitrogens with one attached hydrogen (secondary N) is 1. The van der Waals surface area contributed by atoms with Gasteiger partial charge >= 0.3 is 6.18 Å². The molecule has 1 unspecified atom stereocenters. The molecule has 126 valence electrons. The molecule has 0 aromatic carbocycles. The van der Waals surface area contributed by atoms with Crippen LogP contribution in [0.25, 0.3) is 0 Å². The molecular weight excluding hydrogens is 279 g/mol. The predicted octanol–water partition coefficient (Wildman–Crippen LogP) is 4.54. The molecule has 0 aromatic rings. The van der Waals surface area contributed by atoms with E-state index in [1.807, 2.05) is 0 Å². The van der Waals surface area contributed by atoms with E-state index in [1.165, 1.54) is 32.1 Å². The standard InChI is InChI=1S/C16H30F3NO/c1-3-10-20-15(9-11-21-12-16(17,18)19)14-7-5-13(4-2)6-8-14/h13-15,20H,3-12H2,1-2H3. The van der Waals surface area contributed by atoms with Crippen molar-refractivity contribution in [2.45, 2.75) is 71.0 Å². The van der Waals surface area contributed by atoms with Gasteiger partial charge in [0.2, 0.25) is 0 Å². The summed E-state index contributed by atoms with van der Waals surface area (Å²) >= 11 is 0. The Hall–Kier alpha value is -0.290. The van der Waals surface area contributed by atoms with Crippen LogP contribution in [0.15, 0.2) is 0 Å². The molecule has 5 heteroatoms. The van der Waals surface area contributed by atoms with E-state index in [0.717, 1.165) is 18.9 Å². The average Bonchev–Trinajstić information content (AvgIpc) is 2.45. The zero-order valence-corrected chi connectivity index (χ0v) is 13.3. The van der Waals surface area contributed by atoms with Crippen molar-refractivity contribution in [3.05, 3.63) is 0 Å². The van der Waals surface area contributed by atoms with Gasteiger partial charge in [-0.2, -0.15) is 13.2 Å². The van der Waals surface area contributed by atoms with E-state index in [2.05, 4.69) is 19.2 Å². The van der Waals surface area contributed by atoms with Crippen LogP contribution in [0.3, 0.4) is 0 Å². The fourth-order valence-electron chi connectivity index (χ4n) is 3.23. The fraction of sp³-hybridized carbons (Fsp3) is 1.00. The first-order valence-corrected chi connectivity index (χ1v) is 8.34. The van der Waals surface area contributed by atoms with Crippen molar-refractivity contribution >= 4 is 0 Å². The van der Waals surface area contributed by atoms with Gasteiger partial charge in [-0.3, -0.25) is 0 Å². The highest BCUT2D eigenvalue weighted by Gasteiger charge is 2.29. The van der Waals surface area contributed by atoms with Crippen molar-refractivity contribution in [3.63, 3.8) is 0 Å². The quantitative estimate of drug-likeness (QED) is 0.631. The molecule has 0 spiro atoms. The minimum absolute atomic E-state index is 0.189. The van der Waals surface area contributed by atoms with E-state index in [1.54, 1.807) is 0 Å². The van der Waals surface area contributed by atoms with Crippen molar-refractivity contribution in [1.82, 2.24) is 5.32 Å². The monoisotopic (exact) mass is 309 g/mol. The molecule has 0 aliphatic heterocycles. The Balaban J connectivity index is 2.33. The average molecular weight is 309 g/mol. The van der Waals surface area contributed by atoms with Crippen LogP contribution in [-0.4, -0.2) is 32.0 Å². The van der Waals surface area contributed by atoms with Crippen LogP contribution >= 0.6 is 0 Å². The zero-order chi connectivity index (χ0) is 15.7. The highest BCUT2D eigenvalue weighted by Crippen LogP contribution is 2.33. The van der Waals surface area contributed by atoms with Gasteiger partial charge < -0.3 is 10.1 Å². The number of halogens is 3. The first-order chi connectivity index (χ1) is 9.96. The van der Waals surface area contributed by atoms with Gasteiger partial charge in [-0.1, -0.05) is 33.1 Å². The highest BCUT2D eigenvalue weighted by atomic mass is 19.4. The Morgan fingerprint density at radius 3 is 2.33 bits per heavy atom. The lowest BCUT2D eigenvalue weighted by atomic mass is 9.77. The van der Waals surface area contributed by atoms with Gasteiger partial charge in [0.1, 0.15) is 6.61 Å². The molecule has 1 rings (SSSR count). The summed E-state index contributed by atoms with van der Waals surface area (Å²) in [5.74, 6) is 1.43. The third kappa shape index (κ3) is 8.05. The highest BCUT2D eigenvalue weighted by molar-refractivity contribution is 4.81. The molecule has 21 heavy (non-hydrogen) atoms. The van der Waals surface area contributed by atoms with Crippen molar-refractivity contribution in [1.29, 1.82) is 0 Å². The van der Waals surface area contributed by atoms with Crippen molar-refractivity contribution < 1.29 is 17.9 Å². The number of alkyl halides is 3. The number of rotatable bonds is 9. The largest absolute Gasteiger partial charge is 0.411 e. The Kier molecular flexibility index (Phi) is 8.64. The van der Waals surface area contributed by atoms with Gasteiger partial charge in [-0.05, 0) is 44.1 Å². The fourth-order valence-corrected chi connectivity index (χ4v) is 3.23. The van der Waals surface area contributed by atoms with Crippen LogP contribution in [-0.2, 0) is 4.74 Å². The molecule has 1 aliphatic rings. The minimum atomic E-state index is -4.22. The van der Waals surface area contributed by atoms with Crippen molar-refractivity contribution in [2.75, 3.05) is 19.8 Å². The van der Waals surface area contributed by atoms with Crippen LogP contribution in [0, 0.1) is 11.8 Å². The van der Waals surface area contributed by atoms with Crippen molar-refractivity contribution in [3.8, 4) is 0 Å². The van der Waals surface area contributed by atoms with E-state index in [-0.39, 0.29) is 6.61 Å². The second kappa shape index (κ2) is 9.67. The van der Waals surface area contributed by atoms with Gasteiger partial charge in [-0.25, -0.2) is 0 Å². The van der Waals surface area contributed by atoms with Gasteiger partial charge in [0.15, 0.2) is 0 Å². The summed E-state index contributed by atoms with van der Waals surface area (Å²) in [5, 5.41) is 3.51. The molecule has 0 radical (unpaired) electrons. The molecule has 1 saturated carbocycles. The molecule has 0 amide bonds. The van der Waals surface area contributed by atoms with Crippen LogP contribution in [0.5, 0.6) is 0 Å². The van der Waals surface area contributed by atoms with Gasteiger partial charge in [0, 0.05) is 12.6 Å². The summed E-state index contributed by atoms with van der Waals surface area (Å²) in [7, 11) is 0. The summed E-state index contributed by atoms with van der Waals surface area (Å²) in [4.78, 5) is 0. The maximum atomic E-state index is 12.1. The van der Waals surface area contributed by atoms with Crippen LogP contribution in [0.4, 0.5) is 13.2 Å². The topological polar surface area (TPSA) is 21.3 Å². The van der Waals surface area contributed by atoms with Gasteiger partial charge in [0.05, 0.1) is 0 Å². The lowest BCUT2D eigenvalue weighted by molar-refractivity contribution is -0.174. The second-order valence-electron chi connectivity index (χ2n) is 6.21. The number of hydrogen-bond acceptors (Lipinski definition) is 2. The second-order valence-corrected chi connectivity index (χ2v) is 6.21. The number of ether oxygens (including phenoxy) is 1. The molecule has 0 heterocycles. The van der Waals surface area contributed by atoms with E-state index in [9.17, 15) is 13.2 Å². The van der Waals surface area contributed by atoms with Crippen LogP contribution in [0.2, 0.25) is 0 Å². The van der Waals surface area contributed by atoms with Gasteiger partial charge in [-0.15, -0.1) is 0 Å². The first kappa shape index (κ1) is 18.8.